The Hall–Kier alpha value is -1.12. The Kier molecular flexibility index (Phi) is 3.75. The molecule has 2 rings (SSSR count). The van der Waals surface area contributed by atoms with Crippen molar-refractivity contribution in [3.8, 4) is 0 Å². The Morgan fingerprint density at radius 1 is 1.31 bits per heavy atom. The maximum Gasteiger partial charge on any atom is 0.0169 e. The van der Waals surface area contributed by atoms with E-state index in [-0.39, 0.29) is 6.04 Å². The fraction of sp³-hybridized carbons (Fsp3) is 0.429. The first-order valence-electron chi connectivity index (χ1n) is 5.98. The van der Waals surface area contributed by atoms with Crippen molar-refractivity contribution in [3.63, 3.8) is 0 Å². The molecule has 0 spiro atoms. The van der Waals surface area contributed by atoms with Crippen molar-refractivity contribution in [1.29, 1.82) is 0 Å². The molecule has 1 aromatic carbocycles. The first-order chi connectivity index (χ1) is 7.75. The van der Waals surface area contributed by atoms with Crippen molar-refractivity contribution in [1.82, 2.24) is 4.90 Å². The average Bonchev–Trinajstić information content (AvgIpc) is 2.30. The summed E-state index contributed by atoms with van der Waals surface area (Å²) in [7, 11) is 0. The van der Waals surface area contributed by atoms with Crippen LogP contribution in [0.3, 0.4) is 0 Å². The number of nitrogens with two attached hydrogens (primary N) is 1. The lowest BCUT2D eigenvalue weighted by molar-refractivity contribution is 0.287. The molecule has 1 heterocycles. The van der Waals surface area contributed by atoms with Gasteiger partial charge in [0.05, 0.1) is 0 Å². The highest BCUT2D eigenvalue weighted by molar-refractivity contribution is 5.66. The first kappa shape index (κ1) is 11.4. The zero-order valence-electron chi connectivity index (χ0n) is 9.89. The van der Waals surface area contributed by atoms with Crippen LogP contribution in [0.5, 0.6) is 0 Å². The number of benzene rings is 1. The lowest BCUT2D eigenvalue weighted by atomic mass is 9.99. The van der Waals surface area contributed by atoms with E-state index < -0.39 is 0 Å². The van der Waals surface area contributed by atoms with E-state index in [1.165, 1.54) is 11.1 Å². The standard InChI is InChI=1S/C14H20N2/c1-12(15)11-16-9-7-14(8-10-16)13-5-3-2-4-6-13/h2-7,12H,8-11,15H2,1H3. The molecule has 1 atom stereocenters. The van der Waals surface area contributed by atoms with E-state index in [2.05, 4.69) is 48.2 Å². The van der Waals surface area contributed by atoms with Gasteiger partial charge in [-0.3, -0.25) is 4.90 Å². The van der Waals surface area contributed by atoms with Crippen molar-refractivity contribution >= 4 is 5.57 Å². The largest absolute Gasteiger partial charge is 0.327 e. The van der Waals surface area contributed by atoms with Gasteiger partial charge >= 0.3 is 0 Å². The van der Waals surface area contributed by atoms with E-state index >= 15 is 0 Å². The quantitative estimate of drug-likeness (QED) is 0.838. The lowest BCUT2D eigenvalue weighted by Crippen LogP contribution is -2.37. The van der Waals surface area contributed by atoms with Crippen molar-refractivity contribution < 1.29 is 0 Å². The third-order valence-corrected chi connectivity index (χ3v) is 2.98. The van der Waals surface area contributed by atoms with Crippen molar-refractivity contribution in [2.45, 2.75) is 19.4 Å². The van der Waals surface area contributed by atoms with Crippen molar-refractivity contribution in [2.24, 2.45) is 5.73 Å². The molecule has 16 heavy (non-hydrogen) atoms. The first-order valence-corrected chi connectivity index (χ1v) is 5.98. The molecule has 2 nitrogen and oxygen atoms in total. The van der Waals surface area contributed by atoms with Gasteiger partial charge in [-0.25, -0.2) is 0 Å². The molecule has 0 radical (unpaired) electrons. The minimum Gasteiger partial charge on any atom is -0.327 e. The van der Waals surface area contributed by atoms with E-state index in [1.54, 1.807) is 0 Å². The molecule has 0 saturated carbocycles. The summed E-state index contributed by atoms with van der Waals surface area (Å²) < 4.78 is 0. The molecule has 2 heteroatoms. The Balaban J connectivity index is 1.99. The highest BCUT2D eigenvalue weighted by Gasteiger charge is 2.13. The maximum atomic E-state index is 5.81. The monoisotopic (exact) mass is 216 g/mol. The van der Waals surface area contributed by atoms with Crippen LogP contribution >= 0.6 is 0 Å². The second-order valence-corrected chi connectivity index (χ2v) is 4.58. The summed E-state index contributed by atoms with van der Waals surface area (Å²) >= 11 is 0. The van der Waals surface area contributed by atoms with Crippen molar-refractivity contribution in [2.75, 3.05) is 19.6 Å². The Labute approximate surface area is 97.8 Å². The molecule has 86 valence electrons. The van der Waals surface area contributed by atoms with Crippen LogP contribution in [0.15, 0.2) is 36.4 Å². The molecule has 0 fully saturated rings. The van der Waals surface area contributed by atoms with Gasteiger partial charge in [0.15, 0.2) is 0 Å². The molecule has 0 aliphatic carbocycles. The number of rotatable bonds is 3. The van der Waals surface area contributed by atoms with Gasteiger partial charge in [0.2, 0.25) is 0 Å². The Morgan fingerprint density at radius 3 is 2.62 bits per heavy atom. The molecule has 1 aliphatic heterocycles. The number of nitrogens with zero attached hydrogens (tertiary/aromatic N) is 1. The third kappa shape index (κ3) is 2.94. The van der Waals surface area contributed by atoms with Crippen LogP contribution in [0.2, 0.25) is 0 Å². The van der Waals surface area contributed by atoms with Gasteiger partial charge in [-0.2, -0.15) is 0 Å². The second kappa shape index (κ2) is 5.28. The molecule has 2 N–H and O–H groups in total. The summed E-state index contributed by atoms with van der Waals surface area (Å²) in [5, 5.41) is 0. The van der Waals surface area contributed by atoms with Crippen LogP contribution in [-0.4, -0.2) is 30.6 Å². The minimum atomic E-state index is 0.270. The van der Waals surface area contributed by atoms with Gasteiger partial charge in [0, 0.05) is 25.7 Å². The third-order valence-electron chi connectivity index (χ3n) is 2.98. The van der Waals surface area contributed by atoms with Gasteiger partial charge in [-0.1, -0.05) is 36.4 Å². The summed E-state index contributed by atoms with van der Waals surface area (Å²) in [5.74, 6) is 0. The summed E-state index contributed by atoms with van der Waals surface area (Å²) in [5.41, 5.74) is 8.64. The summed E-state index contributed by atoms with van der Waals surface area (Å²) in [6.07, 6.45) is 3.47. The van der Waals surface area contributed by atoms with Gasteiger partial charge in [0.1, 0.15) is 0 Å². The maximum absolute atomic E-state index is 5.81. The molecule has 0 saturated heterocycles. The second-order valence-electron chi connectivity index (χ2n) is 4.58. The van der Waals surface area contributed by atoms with Gasteiger partial charge in [0.25, 0.3) is 0 Å². The van der Waals surface area contributed by atoms with Crippen LogP contribution in [0, 0.1) is 0 Å². The van der Waals surface area contributed by atoms with Crippen LogP contribution in [0.1, 0.15) is 18.9 Å². The summed E-state index contributed by atoms with van der Waals surface area (Å²) in [4.78, 5) is 2.41. The number of hydrogen-bond acceptors (Lipinski definition) is 2. The molecule has 0 amide bonds. The van der Waals surface area contributed by atoms with Gasteiger partial charge in [-0.15, -0.1) is 0 Å². The Bertz CT molecular complexity index is 354. The summed E-state index contributed by atoms with van der Waals surface area (Å²) in [6, 6.07) is 10.9. The fourth-order valence-corrected chi connectivity index (χ4v) is 2.20. The molecule has 0 bridgehead atoms. The van der Waals surface area contributed by atoms with Gasteiger partial charge < -0.3 is 5.73 Å². The minimum absolute atomic E-state index is 0.270. The zero-order chi connectivity index (χ0) is 11.4. The summed E-state index contributed by atoms with van der Waals surface area (Å²) in [6.45, 7) is 5.23. The molecule has 1 aromatic rings. The number of hydrogen-bond donors (Lipinski definition) is 1. The topological polar surface area (TPSA) is 29.3 Å². The SMILES string of the molecule is CC(N)CN1CC=C(c2ccccc2)CC1. The van der Waals surface area contributed by atoms with E-state index in [0.717, 1.165) is 26.1 Å². The predicted molar refractivity (Wildman–Crippen MR) is 69.1 cm³/mol. The molecule has 1 aliphatic rings. The van der Waals surface area contributed by atoms with Gasteiger partial charge in [-0.05, 0) is 24.5 Å². The van der Waals surface area contributed by atoms with Crippen LogP contribution < -0.4 is 5.73 Å². The average molecular weight is 216 g/mol. The van der Waals surface area contributed by atoms with Crippen molar-refractivity contribution in [3.05, 3.63) is 42.0 Å². The molecule has 1 unspecified atom stereocenters. The smallest absolute Gasteiger partial charge is 0.0169 e. The fourth-order valence-electron chi connectivity index (χ4n) is 2.20. The lowest BCUT2D eigenvalue weighted by Gasteiger charge is -2.27. The normalized spacial score (nSPS) is 19.2. The van der Waals surface area contributed by atoms with E-state index in [4.69, 9.17) is 5.73 Å². The Morgan fingerprint density at radius 2 is 2.06 bits per heavy atom. The van der Waals surface area contributed by atoms with E-state index in [0.29, 0.717) is 0 Å². The highest BCUT2D eigenvalue weighted by atomic mass is 15.1. The predicted octanol–water partition coefficient (Wildman–Crippen LogP) is 2.12. The van der Waals surface area contributed by atoms with E-state index in [9.17, 15) is 0 Å². The van der Waals surface area contributed by atoms with Crippen LogP contribution in [-0.2, 0) is 0 Å². The highest BCUT2D eigenvalue weighted by Crippen LogP contribution is 2.21. The zero-order valence-corrected chi connectivity index (χ0v) is 9.89. The van der Waals surface area contributed by atoms with Crippen LogP contribution in [0.25, 0.3) is 5.57 Å². The van der Waals surface area contributed by atoms with E-state index in [1.807, 2.05) is 0 Å². The molecule has 0 aromatic heterocycles. The van der Waals surface area contributed by atoms with Crippen LogP contribution in [0.4, 0.5) is 0 Å². The molecular formula is C14H20N2. The molecular weight excluding hydrogens is 196 g/mol.